The molecule has 21 heavy (non-hydrogen) atoms. The zero-order chi connectivity index (χ0) is 15.4. The van der Waals surface area contributed by atoms with Crippen LogP contribution in [0, 0.1) is 0 Å². The van der Waals surface area contributed by atoms with Crippen molar-refractivity contribution in [2.45, 2.75) is 6.54 Å². The standard InChI is InChI=1S/C16H14ClNO3/c1-18(10-11-6-8-12(17)9-7-11)15(19)13-4-2-3-5-14(13)16(20)21/h2-9H,10H2,1H3,(H,20,21). The minimum Gasteiger partial charge on any atom is -0.478 e. The van der Waals surface area contributed by atoms with Crippen LogP contribution in [-0.2, 0) is 6.54 Å². The van der Waals surface area contributed by atoms with E-state index in [1.807, 2.05) is 12.1 Å². The van der Waals surface area contributed by atoms with Crippen molar-refractivity contribution in [2.75, 3.05) is 7.05 Å². The second-order valence-corrected chi connectivity index (χ2v) is 5.07. The van der Waals surface area contributed by atoms with Crippen LogP contribution in [0.4, 0.5) is 0 Å². The number of carboxylic acid groups (broad SMARTS) is 1. The highest BCUT2D eigenvalue weighted by Crippen LogP contribution is 2.15. The van der Waals surface area contributed by atoms with Gasteiger partial charge in [-0.3, -0.25) is 4.79 Å². The number of carboxylic acids is 1. The Hall–Kier alpha value is -2.33. The molecule has 4 nitrogen and oxygen atoms in total. The normalized spacial score (nSPS) is 10.2. The minimum atomic E-state index is -1.11. The topological polar surface area (TPSA) is 57.6 Å². The summed E-state index contributed by atoms with van der Waals surface area (Å²) in [6.45, 7) is 0.379. The molecular formula is C16H14ClNO3. The van der Waals surface area contributed by atoms with Crippen LogP contribution in [0.2, 0.25) is 5.02 Å². The van der Waals surface area contributed by atoms with E-state index in [0.717, 1.165) is 5.56 Å². The SMILES string of the molecule is CN(Cc1ccc(Cl)cc1)C(=O)c1ccccc1C(=O)O. The molecule has 0 atom stereocenters. The number of hydrogen-bond acceptors (Lipinski definition) is 2. The van der Waals surface area contributed by atoms with Crippen molar-refractivity contribution < 1.29 is 14.7 Å². The Morgan fingerprint density at radius 3 is 2.19 bits per heavy atom. The van der Waals surface area contributed by atoms with E-state index >= 15 is 0 Å². The third-order valence-electron chi connectivity index (χ3n) is 3.07. The third kappa shape index (κ3) is 3.61. The summed E-state index contributed by atoms with van der Waals surface area (Å²) in [7, 11) is 1.63. The highest BCUT2D eigenvalue weighted by molar-refractivity contribution is 6.30. The molecule has 0 unspecified atom stereocenters. The van der Waals surface area contributed by atoms with E-state index in [-0.39, 0.29) is 17.0 Å². The maximum atomic E-state index is 12.4. The Labute approximate surface area is 127 Å². The van der Waals surface area contributed by atoms with E-state index in [9.17, 15) is 9.59 Å². The number of carbonyl (C=O) groups is 2. The van der Waals surface area contributed by atoms with Crippen LogP contribution in [0.25, 0.3) is 0 Å². The fourth-order valence-corrected chi connectivity index (χ4v) is 2.12. The number of benzene rings is 2. The largest absolute Gasteiger partial charge is 0.478 e. The lowest BCUT2D eigenvalue weighted by Gasteiger charge is -2.18. The van der Waals surface area contributed by atoms with Gasteiger partial charge in [0.15, 0.2) is 0 Å². The zero-order valence-electron chi connectivity index (χ0n) is 11.4. The van der Waals surface area contributed by atoms with Gasteiger partial charge in [-0.15, -0.1) is 0 Å². The van der Waals surface area contributed by atoms with Crippen LogP contribution >= 0.6 is 11.6 Å². The van der Waals surface area contributed by atoms with Crippen LogP contribution in [0.3, 0.4) is 0 Å². The molecule has 0 saturated carbocycles. The smallest absolute Gasteiger partial charge is 0.336 e. The number of rotatable bonds is 4. The lowest BCUT2D eigenvalue weighted by molar-refractivity contribution is 0.0680. The van der Waals surface area contributed by atoms with Crippen molar-refractivity contribution in [1.82, 2.24) is 4.90 Å². The van der Waals surface area contributed by atoms with Gasteiger partial charge in [-0.25, -0.2) is 4.79 Å². The van der Waals surface area contributed by atoms with Gasteiger partial charge in [0, 0.05) is 18.6 Å². The molecule has 0 bridgehead atoms. The molecular weight excluding hydrogens is 290 g/mol. The molecule has 0 heterocycles. The Bertz CT molecular complexity index is 667. The summed E-state index contributed by atoms with van der Waals surface area (Å²) in [5, 5.41) is 9.76. The van der Waals surface area contributed by atoms with Gasteiger partial charge in [-0.05, 0) is 29.8 Å². The molecule has 0 radical (unpaired) electrons. The van der Waals surface area contributed by atoms with E-state index in [1.165, 1.54) is 17.0 Å². The van der Waals surface area contributed by atoms with E-state index in [2.05, 4.69) is 0 Å². The molecule has 1 amide bonds. The lowest BCUT2D eigenvalue weighted by Crippen LogP contribution is -2.27. The van der Waals surface area contributed by atoms with Crippen molar-refractivity contribution >= 4 is 23.5 Å². The van der Waals surface area contributed by atoms with E-state index in [1.54, 1.807) is 31.3 Å². The van der Waals surface area contributed by atoms with E-state index in [0.29, 0.717) is 11.6 Å². The van der Waals surface area contributed by atoms with Crippen LogP contribution in [0.15, 0.2) is 48.5 Å². The summed E-state index contributed by atoms with van der Waals surface area (Å²) in [5.41, 5.74) is 1.11. The fourth-order valence-electron chi connectivity index (χ4n) is 2.00. The number of nitrogens with zero attached hydrogens (tertiary/aromatic N) is 1. The van der Waals surface area contributed by atoms with Crippen LogP contribution < -0.4 is 0 Å². The molecule has 0 fully saturated rings. The molecule has 2 aromatic carbocycles. The van der Waals surface area contributed by atoms with Gasteiger partial charge in [0.25, 0.3) is 5.91 Å². The van der Waals surface area contributed by atoms with Crippen LogP contribution in [-0.4, -0.2) is 28.9 Å². The second kappa shape index (κ2) is 6.41. The average Bonchev–Trinajstić information content (AvgIpc) is 2.48. The van der Waals surface area contributed by atoms with Crippen molar-refractivity contribution in [3.8, 4) is 0 Å². The number of hydrogen-bond donors (Lipinski definition) is 1. The van der Waals surface area contributed by atoms with Crippen LogP contribution in [0.5, 0.6) is 0 Å². The van der Waals surface area contributed by atoms with Crippen molar-refractivity contribution in [3.63, 3.8) is 0 Å². The Morgan fingerprint density at radius 2 is 1.62 bits per heavy atom. The summed E-state index contributed by atoms with van der Waals surface area (Å²) in [4.78, 5) is 25.0. The first-order valence-electron chi connectivity index (χ1n) is 6.31. The Morgan fingerprint density at radius 1 is 1.05 bits per heavy atom. The molecule has 0 saturated heterocycles. The van der Waals surface area contributed by atoms with Gasteiger partial charge in [-0.2, -0.15) is 0 Å². The zero-order valence-corrected chi connectivity index (χ0v) is 12.2. The predicted molar refractivity (Wildman–Crippen MR) is 80.7 cm³/mol. The molecule has 0 aliphatic heterocycles. The van der Waals surface area contributed by atoms with E-state index < -0.39 is 5.97 Å². The van der Waals surface area contributed by atoms with Crippen LogP contribution in [0.1, 0.15) is 26.3 Å². The maximum Gasteiger partial charge on any atom is 0.336 e. The molecule has 2 rings (SSSR count). The van der Waals surface area contributed by atoms with Gasteiger partial charge < -0.3 is 10.0 Å². The van der Waals surface area contributed by atoms with Gasteiger partial charge >= 0.3 is 5.97 Å². The molecule has 108 valence electrons. The van der Waals surface area contributed by atoms with E-state index in [4.69, 9.17) is 16.7 Å². The predicted octanol–water partition coefficient (Wildman–Crippen LogP) is 3.31. The average molecular weight is 304 g/mol. The maximum absolute atomic E-state index is 12.4. The van der Waals surface area contributed by atoms with Crippen molar-refractivity contribution in [1.29, 1.82) is 0 Å². The summed E-state index contributed by atoms with van der Waals surface area (Å²) in [5.74, 6) is -1.44. The number of halogens is 1. The Balaban J connectivity index is 2.20. The number of amides is 1. The molecule has 2 aromatic rings. The van der Waals surface area contributed by atoms with Gasteiger partial charge in [0.05, 0.1) is 11.1 Å². The first-order chi connectivity index (χ1) is 9.99. The fraction of sp³-hybridized carbons (Fsp3) is 0.125. The quantitative estimate of drug-likeness (QED) is 0.942. The summed E-state index contributed by atoms with van der Waals surface area (Å²) in [6, 6.07) is 13.3. The van der Waals surface area contributed by atoms with Gasteiger partial charge in [0.1, 0.15) is 0 Å². The van der Waals surface area contributed by atoms with Crippen molar-refractivity contribution in [3.05, 3.63) is 70.2 Å². The summed E-state index contributed by atoms with van der Waals surface area (Å²) < 4.78 is 0. The first kappa shape index (κ1) is 15.1. The first-order valence-corrected chi connectivity index (χ1v) is 6.69. The monoisotopic (exact) mass is 303 g/mol. The molecule has 0 spiro atoms. The molecule has 1 N–H and O–H groups in total. The molecule has 0 aromatic heterocycles. The number of carbonyl (C=O) groups excluding carboxylic acids is 1. The Kier molecular flexibility index (Phi) is 4.60. The molecule has 0 aliphatic carbocycles. The van der Waals surface area contributed by atoms with Gasteiger partial charge in [-0.1, -0.05) is 35.9 Å². The minimum absolute atomic E-state index is 0.00505. The highest BCUT2D eigenvalue weighted by atomic mass is 35.5. The molecule has 5 heteroatoms. The summed E-state index contributed by atoms with van der Waals surface area (Å²) >= 11 is 5.82. The number of aromatic carboxylic acids is 1. The van der Waals surface area contributed by atoms with Crippen molar-refractivity contribution in [2.24, 2.45) is 0 Å². The van der Waals surface area contributed by atoms with Gasteiger partial charge in [0.2, 0.25) is 0 Å². The highest BCUT2D eigenvalue weighted by Gasteiger charge is 2.19. The molecule has 0 aliphatic rings. The second-order valence-electron chi connectivity index (χ2n) is 4.64. The summed E-state index contributed by atoms with van der Waals surface area (Å²) in [6.07, 6.45) is 0. The lowest BCUT2D eigenvalue weighted by atomic mass is 10.1. The third-order valence-corrected chi connectivity index (χ3v) is 3.32.